The second kappa shape index (κ2) is 14.2. The predicted molar refractivity (Wildman–Crippen MR) is 141 cm³/mol. The van der Waals surface area contributed by atoms with Gasteiger partial charge in [-0.25, -0.2) is 4.79 Å². The smallest absolute Gasteiger partial charge is 1.00 e. The molecule has 37 heavy (non-hydrogen) atoms. The summed E-state index contributed by atoms with van der Waals surface area (Å²) >= 11 is 0. The van der Waals surface area contributed by atoms with Crippen molar-refractivity contribution in [3.05, 3.63) is 59.2 Å². The first-order valence-electron chi connectivity index (χ1n) is 12.0. The van der Waals surface area contributed by atoms with Gasteiger partial charge in [0.05, 0.1) is 26.9 Å². The molecule has 10 heteroatoms. The summed E-state index contributed by atoms with van der Waals surface area (Å²) in [6.07, 6.45) is 1.19. The number of rotatable bonds is 11. The number of benzene rings is 2. The minimum atomic E-state index is -1.10. The van der Waals surface area contributed by atoms with Crippen molar-refractivity contribution < 1.29 is 36.6 Å². The maximum Gasteiger partial charge on any atom is 2.00 e. The quantitative estimate of drug-likeness (QED) is 0.340. The Morgan fingerprint density at radius 2 is 1.73 bits per heavy atom. The van der Waals surface area contributed by atoms with Gasteiger partial charge in [0.25, 0.3) is 0 Å². The van der Waals surface area contributed by atoms with Crippen LogP contribution >= 0.6 is 0 Å². The molecule has 0 unspecified atom stereocenters. The van der Waals surface area contributed by atoms with Gasteiger partial charge in [0.15, 0.2) is 11.5 Å². The zero-order valence-corrected chi connectivity index (χ0v) is 23.3. The predicted octanol–water partition coefficient (Wildman–Crippen LogP) is 2.43. The van der Waals surface area contributed by atoms with Gasteiger partial charge in [0.2, 0.25) is 5.91 Å². The molecule has 2 N–H and O–H groups in total. The summed E-state index contributed by atoms with van der Waals surface area (Å²) in [5.74, 6) is -0.930. The van der Waals surface area contributed by atoms with Gasteiger partial charge in [0, 0.05) is 13.0 Å². The molecular formula is C27H36MgN2O7. The van der Waals surface area contributed by atoms with Crippen molar-refractivity contribution in [2.45, 2.75) is 57.8 Å². The number of aryl methyl sites for hydroxylation is 1. The summed E-state index contributed by atoms with van der Waals surface area (Å²) < 4.78 is 15.9. The van der Waals surface area contributed by atoms with Crippen LogP contribution in [-0.4, -0.2) is 89.9 Å². The van der Waals surface area contributed by atoms with Gasteiger partial charge in [-0.3, -0.25) is 14.9 Å². The van der Waals surface area contributed by atoms with Crippen LogP contribution in [0.4, 0.5) is 0 Å². The van der Waals surface area contributed by atoms with Crippen molar-refractivity contribution in [3.8, 4) is 11.5 Å². The minimum absolute atomic E-state index is 0. The molecular weight excluding hydrogens is 489 g/mol. The molecule has 1 aliphatic rings. The van der Waals surface area contributed by atoms with Crippen molar-refractivity contribution >= 4 is 40.9 Å². The summed E-state index contributed by atoms with van der Waals surface area (Å²) in [6.45, 7) is 3.69. The van der Waals surface area contributed by atoms with Gasteiger partial charge in [-0.05, 0) is 55.5 Å². The molecule has 2 aromatic carbocycles. The number of aliphatic carboxylic acids is 1. The van der Waals surface area contributed by atoms with E-state index in [9.17, 15) is 19.5 Å². The second-order valence-corrected chi connectivity index (χ2v) is 8.72. The van der Waals surface area contributed by atoms with E-state index in [0.717, 1.165) is 16.7 Å². The summed E-state index contributed by atoms with van der Waals surface area (Å²) in [5.41, 5.74) is 2.64. The van der Waals surface area contributed by atoms with Crippen molar-refractivity contribution in [3.63, 3.8) is 0 Å². The Morgan fingerprint density at radius 1 is 1.11 bits per heavy atom. The normalized spacial score (nSPS) is 16.0. The number of esters is 1. The number of carbonyl (C=O) groups is 3. The number of nitrogens with one attached hydrogen (secondary N) is 1. The SMILES string of the molecule is CCOC(=O)[C@H](CCc1ccccc1)N[C@@H](C)C(=O)N1Cc2cc(OC)c(OC)cc2C[C@H]1C(=O)O.[H-].[H-].[Mg+2]. The summed E-state index contributed by atoms with van der Waals surface area (Å²) in [4.78, 5) is 39.6. The van der Waals surface area contributed by atoms with Crippen molar-refractivity contribution in [2.75, 3.05) is 20.8 Å². The molecule has 0 fully saturated rings. The molecule has 9 nitrogen and oxygen atoms in total. The molecule has 3 atom stereocenters. The van der Waals surface area contributed by atoms with E-state index in [-0.39, 0.29) is 45.5 Å². The third-order valence-electron chi connectivity index (χ3n) is 6.36. The van der Waals surface area contributed by atoms with E-state index in [1.807, 2.05) is 30.3 Å². The zero-order chi connectivity index (χ0) is 26.2. The molecule has 1 aliphatic heterocycles. The molecule has 2 aromatic rings. The van der Waals surface area contributed by atoms with Crippen molar-refractivity contribution in [1.29, 1.82) is 0 Å². The number of nitrogens with zero attached hydrogens (tertiary/aromatic N) is 1. The molecule has 1 amide bonds. The second-order valence-electron chi connectivity index (χ2n) is 8.72. The summed E-state index contributed by atoms with van der Waals surface area (Å²) in [7, 11) is 3.04. The van der Waals surface area contributed by atoms with Crippen LogP contribution in [0.1, 0.15) is 39.8 Å². The van der Waals surface area contributed by atoms with Gasteiger partial charge in [0.1, 0.15) is 12.1 Å². The average molecular weight is 525 g/mol. The van der Waals surface area contributed by atoms with Gasteiger partial charge in [-0.1, -0.05) is 30.3 Å². The first-order chi connectivity index (χ1) is 17.3. The van der Waals surface area contributed by atoms with Gasteiger partial charge < -0.3 is 27.1 Å². The third-order valence-corrected chi connectivity index (χ3v) is 6.36. The maximum atomic E-state index is 13.5. The summed E-state index contributed by atoms with van der Waals surface area (Å²) in [5, 5.41) is 13.0. The number of methoxy groups -OCH3 is 2. The first kappa shape index (κ1) is 30.4. The fraction of sp³-hybridized carbons (Fsp3) is 0.444. The Labute approximate surface area is 236 Å². The van der Waals surface area contributed by atoms with Crippen LogP contribution in [0, 0.1) is 0 Å². The van der Waals surface area contributed by atoms with Crippen LogP contribution in [0.3, 0.4) is 0 Å². The van der Waals surface area contributed by atoms with Crippen molar-refractivity contribution in [2.24, 2.45) is 0 Å². The number of amides is 1. The zero-order valence-electron chi connectivity index (χ0n) is 23.9. The number of fused-ring (bicyclic) bond motifs is 1. The number of carboxylic acid groups (broad SMARTS) is 1. The molecule has 1 heterocycles. The largest absolute Gasteiger partial charge is 2.00 e. The van der Waals surface area contributed by atoms with E-state index in [2.05, 4.69) is 5.32 Å². The molecule has 3 rings (SSSR count). The van der Waals surface area contributed by atoms with E-state index in [0.29, 0.717) is 24.3 Å². The Morgan fingerprint density at radius 3 is 2.30 bits per heavy atom. The van der Waals surface area contributed by atoms with Crippen LogP contribution in [0.15, 0.2) is 42.5 Å². The van der Waals surface area contributed by atoms with Gasteiger partial charge in [-0.2, -0.15) is 0 Å². The Hall–Kier alpha value is -2.82. The van der Waals surface area contributed by atoms with E-state index in [1.165, 1.54) is 19.1 Å². The van der Waals surface area contributed by atoms with Gasteiger partial charge in [-0.15, -0.1) is 0 Å². The summed E-state index contributed by atoms with van der Waals surface area (Å²) in [6, 6.07) is 10.7. The molecule has 0 saturated carbocycles. The Kier molecular flexibility index (Phi) is 11.7. The molecule has 0 spiro atoms. The fourth-order valence-corrected chi connectivity index (χ4v) is 4.45. The first-order valence-corrected chi connectivity index (χ1v) is 12.0. The monoisotopic (exact) mass is 524 g/mol. The molecule has 0 bridgehead atoms. The van der Waals surface area contributed by atoms with Crippen LogP contribution in [0.25, 0.3) is 0 Å². The standard InChI is InChI=1S/C27H34N2O7.Mg.2H/c1-5-36-27(33)21(12-11-18-9-7-6-8-10-18)28-17(2)25(30)29-16-20-15-24(35-4)23(34-3)14-19(20)13-22(29)26(31)32;;;/h6-10,14-15,17,21-22,28H,5,11-13,16H2,1-4H3,(H,31,32);;;/q;+2;2*-1/t17-,21-,22-;;;/m0.../s1. The fourth-order valence-electron chi connectivity index (χ4n) is 4.45. The number of hydrogen-bond acceptors (Lipinski definition) is 7. The average Bonchev–Trinajstić information content (AvgIpc) is 2.89. The number of ether oxygens (including phenoxy) is 3. The molecule has 0 saturated heterocycles. The Bertz CT molecular complexity index is 1090. The topological polar surface area (TPSA) is 114 Å². The molecule has 0 aromatic heterocycles. The number of carbonyl (C=O) groups excluding carboxylic acids is 2. The molecule has 0 aliphatic carbocycles. The van der Waals surface area contributed by atoms with Crippen molar-refractivity contribution in [1.82, 2.24) is 10.2 Å². The van der Waals surface area contributed by atoms with E-state index < -0.39 is 36.0 Å². The third kappa shape index (κ3) is 7.59. The maximum absolute atomic E-state index is 13.5. The molecule has 198 valence electrons. The van der Waals surface area contributed by atoms with Crippen LogP contribution in [0.5, 0.6) is 11.5 Å². The number of carboxylic acids is 1. The van der Waals surface area contributed by atoms with Gasteiger partial charge >= 0.3 is 35.0 Å². The van der Waals surface area contributed by atoms with Crippen LogP contribution in [0.2, 0.25) is 0 Å². The number of hydrogen-bond donors (Lipinski definition) is 2. The van der Waals surface area contributed by atoms with Crippen LogP contribution < -0.4 is 14.8 Å². The minimum Gasteiger partial charge on any atom is -1.00 e. The Balaban J connectivity index is 0.00000481. The van der Waals surface area contributed by atoms with E-state index >= 15 is 0 Å². The van der Waals surface area contributed by atoms with Crippen LogP contribution in [-0.2, 0) is 38.5 Å². The van der Waals surface area contributed by atoms with E-state index in [4.69, 9.17) is 14.2 Å². The van der Waals surface area contributed by atoms with E-state index in [1.54, 1.807) is 26.0 Å². The molecule has 0 radical (unpaired) electrons.